The Morgan fingerprint density at radius 2 is 1.91 bits per heavy atom. The molecule has 1 aromatic carbocycles. The molecule has 0 radical (unpaired) electrons. The first-order valence-electron chi connectivity index (χ1n) is 11.5. The predicted octanol–water partition coefficient (Wildman–Crippen LogP) is 4.11. The maximum atomic E-state index is 12.6. The third-order valence-corrected chi connectivity index (χ3v) is 6.98. The summed E-state index contributed by atoms with van der Waals surface area (Å²) in [6, 6.07) is 8.02. The lowest BCUT2D eigenvalue weighted by Gasteiger charge is -2.26. The fraction of sp³-hybridized carbons (Fsp3) is 0.560. The van der Waals surface area contributed by atoms with E-state index in [0.717, 1.165) is 36.8 Å². The number of rotatable bonds is 9. The van der Waals surface area contributed by atoms with E-state index in [1.54, 1.807) is 0 Å². The number of aliphatic carboxylic acids is 1. The van der Waals surface area contributed by atoms with Crippen LogP contribution in [0.2, 0.25) is 0 Å². The lowest BCUT2D eigenvalue weighted by molar-refractivity contribution is -0.136. The predicted molar refractivity (Wildman–Crippen MR) is 119 cm³/mol. The Labute approximate surface area is 188 Å². The Bertz CT molecular complexity index is 982. The molecule has 2 aliphatic rings. The molecule has 2 aromatic rings. The van der Waals surface area contributed by atoms with Gasteiger partial charge in [-0.2, -0.15) is 0 Å². The molecule has 4 unspecified atom stereocenters. The van der Waals surface area contributed by atoms with Gasteiger partial charge in [-0.05, 0) is 57.1 Å². The summed E-state index contributed by atoms with van der Waals surface area (Å²) in [5.41, 5.74) is 2.19. The number of oxazole rings is 1. The van der Waals surface area contributed by atoms with Crippen LogP contribution in [0.1, 0.15) is 79.9 Å². The molecule has 4 rings (SSSR count). The highest BCUT2D eigenvalue weighted by Crippen LogP contribution is 2.50. The Morgan fingerprint density at radius 3 is 2.62 bits per heavy atom. The molecule has 0 saturated carbocycles. The maximum Gasteiger partial charge on any atom is 0.303 e. The molecule has 0 spiro atoms. The van der Waals surface area contributed by atoms with Crippen molar-refractivity contribution in [3.8, 4) is 0 Å². The van der Waals surface area contributed by atoms with Crippen molar-refractivity contribution in [1.82, 2.24) is 10.3 Å². The number of nitrogens with one attached hydrogen (secondary N) is 1. The monoisotopic (exact) mass is 440 g/mol. The number of benzene rings is 1. The van der Waals surface area contributed by atoms with Gasteiger partial charge in [0.2, 0.25) is 5.89 Å². The fourth-order valence-corrected chi connectivity index (χ4v) is 4.88. The molecular weight excluding hydrogens is 408 g/mol. The summed E-state index contributed by atoms with van der Waals surface area (Å²) in [6.45, 7) is 5.99. The van der Waals surface area contributed by atoms with Gasteiger partial charge < -0.3 is 19.6 Å². The molecule has 2 aliphatic heterocycles. The van der Waals surface area contributed by atoms with Crippen LogP contribution in [0.25, 0.3) is 0 Å². The number of carboxylic acid groups (broad SMARTS) is 1. The van der Waals surface area contributed by atoms with Crippen LogP contribution in [0.3, 0.4) is 0 Å². The molecule has 32 heavy (non-hydrogen) atoms. The van der Waals surface area contributed by atoms with Crippen molar-refractivity contribution >= 4 is 11.9 Å². The highest BCUT2D eigenvalue weighted by atomic mass is 16.5. The minimum absolute atomic E-state index is 0.0120. The van der Waals surface area contributed by atoms with Gasteiger partial charge in [-0.25, -0.2) is 4.98 Å². The number of carboxylic acids is 1. The highest BCUT2D eigenvalue weighted by molar-refractivity contribution is 5.92. The summed E-state index contributed by atoms with van der Waals surface area (Å²) in [4.78, 5) is 28.3. The van der Waals surface area contributed by atoms with Gasteiger partial charge in [-0.1, -0.05) is 31.2 Å². The fourth-order valence-electron chi connectivity index (χ4n) is 4.88. The largest absolute Gasteiger partial charge is 0.481 e. The Hall–Kier alpha value is -2.67. The van der Waals surface area contributed by atoms with Crippen molar-refractivity contribution in [3.63, 3.8) is 0 Å². The number of nitrogens with zero attached hydrogens (tertiary/aromatic N) is 1. The number of aryl methyl sites for hydroxylation is 1. The third kappa shape index (κ3) is 4.72. The van der Waals surface area contributed by atoms with Crippen LogP contribution in [0.5, 0.6) is 0 Å². The van der Waals surface area contributed by atoms with Gasteiger partial charge in [-0.3, -0.25) is 9.59 Å². The zero-order valence-electron chi connectivity index (χ0n) is 19.0. The van der Waals surface area contributed by atoms with E-state index in [1.807, 2.05) is 39.0 Å². The number of hydrogen-bond donors (Lipinski definition) is 2. The lowest BCUT2D eigenvalue weighted by atomic mass is 9.75. The number of carbonyl (C=O) groups excluding carboxylic acids is 1. The molecule has 1 aromatic heterocycles. The topological polar surface area (TPSA) is 102 Å². The average Bonchev–Trinajstić information content (AvgIpc) is 3.49. The first-order valence-corrected chi connectivity index (χ1v) is 11.5. The van der Waals surface area contributed by atoms with E-state index in [-0.39, 0.29) is 41.9 Å². The maximum absolute atomic E-state index is 12.6. The van der Waals surface area contributed by atoms with Gasteiger partial charge in [0.05, 0.1) is 18.1 Å². The van der Waals surface area contributed by atoms with Crippen molar-refractivity contribution in [1.29, 1.82) is 0 Å². The zero-order valence-corrected chi connectivity index (χ0v) is 19.0. The second-order valence-electron chi connectivity index (χ2n) is 9.61. The van der Waals surface area contributed by atoms with E-state index in [9.17, 15) is 9.59 Å². The molecule has 7 heteroatoms. The summed E-state index contributed by atoms with van der Waals surface area (Å²) >= 11 is 0. The molecule has 7 nitrogen and oxygen atoms in total. The molecule has 4 atom stereocenters. The van der Waals surface area contributed by atoms with E-state index in [4.69, 9.17) is 14.3 Å². The first kappa shape index (κ1) is 22.5. The quantitative estimate of drug-likeness (QED) is 0.608. The molecule has 172 valence electrons. The zero-order chi connectivity index (χ0) is 22.9. The number of hydrogen-bond acceptors (Lipinski definition) is 5. The van der Waals surface area contributed by atoms with Crippen molar-refractivity contribution in [2.45, 2.75) is 83.0 Å². The first-order chi connectivity index (χ1) is 15.3. The van der Waals surface area contributed by atoms with Gasteiger partial charge in [0.1, 0.15) is 6.26 Å². The van der Waals surface area contributed by atoms with E-state index < -0.39 is 5.97 Å². The Balaban J connectivity index is 1.53. The Kier molecular flexibility index (Phi) is 6.38. The summed E-state index contributed by atoms with van der Waals surface area (Å²) in [7, 11) is 0. The number of ether oxygens (including phenoxy) is 1. The number of amides is 1. The summed E-state index contributed by atoms with van der Waals surface area (Å²) in [5, 5.41) is 12.1. The molecule has 2 fully saturated rings. The van der Waals surface area contributed by atoms with Crippen LogP contribution in [0.4, 0.5) is 0 Å². The van der Waals surface area contributed by atoms with Crippen molar-refractivity contribution in [2.24, 2.45) is 5.92 Å². The molecule has 0 aliphatic carbocycles. The van der Waals surface area contributed by atoms with E-state index in [0.29, 0.717) is 18.0 Å². The van der Waals surface area contributed by atoms with E-state index in [2.05, 4.69) is 16.4 Å². The van der Waals surface area contributed by atoms with Gasteiger partial charge >= 0.3 is 5.97 Å². The highest BCUT2D eigenvalue weighted by Gasteiger charge is 2.51. The van der Waals surface area contributed by atoms with Crippen LogP contribution in [0.15, 0.2) is 34.9 Å². The van der Waals surface area contributed by atoms with Crippen LogP contribution >= 0.6 is 0 Å². The summed E-state index contributed by atoms with van der Waals surface area (Å²) < 4.78 is 12.1. The van der Waals surface area contributed by atoms with Crippen LogP contribution in [0, 0.1) is 5.92 Å². The standard InChI is InChI=1S/C25H32N2O5/c1-4-25(2,3)27-23(30)18-14-31-24(26-18)22-17(19-10-11-20(22)32-19)13-16-8-6-5-7-15(16)9-12-21(28)29/h5-8,14,17,19-20,22H,4,9-13H2,1-3H3,(H,27,30)(H,28,29). The average molecular weight is 441 g/mol. The Morgan fingerprint density at radius 1 is 1.19 bits per heavy atom. The minimum Gasteiger partial charge on any atom is -0.481 e. The van der Waals surface area contributed by atoms with Gasteiger partial charge in [0.15, 0.2) is 5.69 Å². The second-order valence-corrected chi connectivity index (χ2v) is 9.61. The molecular formula is C25H32N2O5. The van der Waals surface area contributed by atoms with E-state index in [1.165, 1.54) is 6.26 Å². The van der Waals surface area contributed by atoms with E-state index >= 15 is 0 Å². The van der Waals surface area contributed by atoms with Crippen molar-refractivity contribution in [2.75, 3.05) is 0 Å². The van der Waals surface area contributed by atoms with Crippen LogP contribution < -0.4 is 5.32 Å². The summed E-state index contributed by atoms with van der Waals surface area (Å²) in [6.07, 6.45) is 5.77. The number of fused-ring (bicyclic) bond motifs is 2. The number of carbonyl (C=O) groups is 2. The molecule has 2 saturated heterocycles. The lowest BCUT2D eigenvalue weighted by Crippen LogP contribution is -2.42. The van der Waals surface area contributed by atoms with Crippen LogP contribution in [-0.4, -0.2) is 39.7 Å². The third-order valence-electron chi connectivity index (χ3n) is 6.98. The molecule has 3 heterocycles. The van der Waals surface area contributed by atoms with Gasteiger partial charge in [0.25, 0.3) is 5.91 Å². The molecule has 2 N–H and O–H groups in total. The second kappa shape index (κ2) is 9.06. The summed E-state index contributed by atoms with van der Waals surface area (Å²) in [5.74, 6) is -0.294. The van der Waals surface area contributed by atoms with Gasteiger partial charge in [-0.15, -0.1) is 0 Å². The molecule has 1 amide bonds. The van der Waals surface area contributed by atoms with Gasteiger partial charge in [0, 0.05) is 17.9 Å². The number of aromatic nitrogens is 1. The van der Waals surface area contributed by atoms with Crippen LogP contribution in [-0.2, 0) is 22.4 Å². The molecule has 2 bridgehead atoms. The smallest absolute Gasteiger partial charge is 0.303 e. The van der Waals surface area contributed by atoms with Crippen molar-refractivity contribution in [3.05, 3.63) is 53.2 Å². The minimum atomic E-state index is -0.794. The normalized spacial score (nSPS) is 24.6. The SMILES string of the molecule is CCC(C)(C)NC(=O)c1coc(C2C3CCC(O3)C2Cc2ccccc2CCC(=O)O)n1. The van der Waals surface area contributed by atoms with Crippen molar-refractivity contribution < 1.29 is 23.8 Å².